The first-order chi connectivity index (χ1) is 9.65. The molecular formula is C13H20N2O5. The van der Waals surface area contributed by atoms with Gasteiger partial charge >= 0.3 is 5.97 Å². The van der Waals surface area contributed by atoms with Crippen molar-refractivity contribution in [3.63, 3.8) is 0 Å². The predicted molar refractivity (Wildman–Crippen MR) is 71.3 cm³/mol. The second-order valence-electron chi connectivity index (χ2n) is 4.20. The van der Waals surface area contributed by atoms with Crippen LogP contribution in [0.3, 0.4) is 0 Å². The van der Waals surface area contributed by atoms with Crippen molar-refractivity contribution in [2.75, 3.05) is 19.7 Å². The quantitative estimate of drug-likeness (QED) is 0.444. The van der Waals surface area contributed by atoms with Crippen molar-refractivity contribution in [3.05, 3.63) is 23.5 Å². The van der Waals surface area contributed by atoms with Crippen molar-refractivity contribution in [2.45, 2.75) is 26.1 Å². The minimum Gasteiger partial charge on any atom is -0.492 e. The largest absolute Gasteiger partial charge is 0.492 e. The molecule has 1 aromatic heterocycles. The minimum absolute atomic E-state index is 0.151. The monoisotopic (exact) mass is 284 g/mol. The lowest BCUT2D eigenvalue weighted by Crippen LogP contribution is -2.22. The number of nitrogens with one attached hydrogen (secondary N) is 1. The van der Waals surface area contributed by atoms with Gasteiger partial charge in [-0.15, -0.1) is 0 Å². The SMILES string of the molecule is O=C(O)CCCNCCOc1cc(CO)nc(CO)c1. The highest BCUT2D eigenvalue weighted by molar-refractivity contribution is 5.66. The lowest BCUT2D eigenvalue weighted by molar-refractivity contribution is -0.137. The molecule has 0 spiro atoms. The van der Waals surface area contributed by atoms with E-state index in [2.05, 4.69) is 10.3 Å². The number of hydrogen-bond donors (Lipinski definition) is 4. The first-order valence-electron chi connectivity index (χ1n) is 6.42. The van der Waals surface area contributed by atoms with Gasteiger partial charge in [0, 0.05) is 25.1 Å². The van der Waals surface area contributed by atoms with Crippen LogP contribution in [-0.4, -0.2) is 46.0 Å². The summed E-state index contributed by atoms with van der Waals surface area (Å²) in [6.45, 7) is 1.20. The van der Waals surface area contributed by atoms with Crippen molar-refractivity contribution in [3.8, 4) is 5.75 Å². The van der Waals surface area contributed by atoms with E-state index in [0.29, 0.717) is 43.3 Å². The first-order valence-corrected chi connectivity index (χ1v) is 6.42. The molecule has 1 heterocycles. The van der Waals surface area contributed by atoms with E-state index in [1.807, 2.05) is 0 Å². The number of aliphatic hydroxyl groups is 2. The molecule has 1 rings (SSSR count). The molecule has 0 bridgehead atoms. The zero-order valence-corrected chi connectivity index (χ0v) is 11.2. The Morgan fingerprint density at radius 1 is 1.20 bits per heavy atom. The van der Waals surface area contributed by atoms with Crippen molar-refractivity contribution >= 4 is 5.97 Å². The molecule has 7 nitrogen and oxygen atoms in total. The zero-order chi connectivity index (χ0) is 14.8. The van der Waals surface area contributed by atoms with E-state index in [0.717, 1.165) is 0 Å². The van der Waals surface area contributed by atoms with E-state index < -0.39 is 5.97 Å². The van der Waals surface area contributed by atoms with Crippen LogP contribution in [0.15, 0.2) is 12.1 Å². The third-order valence-corrected chi connectivity index (χ3v) is 2.52. The minimum atomic E-state index is -0.798. The maximum absolute atomic E-state index is 10.3. The summed E-state index contributed by atoms with van der Waals surface area (Å²) in [6, 6.07) is 3.23. The summed E-state index contributed by atoms with van der Waals surface area (Å²) >= 11 is 0. The van der Waals surface area contributed by atoms with Gasteiger partial charge in [-0.2, -0.15) is 0 Å². The van der Waals surface area contributed by atoms with Crippen LogP contribution in [-0.2, 0) is 18.0 Å². The van der Waals surface area contributed by atoms with E-state index in [-0.39, 0.29) is 19.6 Å². The summed E-state index contributed by atoms with van der Waals surface area (Å²) in [4.78, 5) is 14.3. The Hall–Kier alpha value is -1.70. The Kier molecular flexibility index (Phi) is 7.56. The summed E-state index contributed by atoms with van der Waals surface area (Å²) < 4.78 is 5.48. The molecule has 0 unspecified atom stereocenters. The number of nitrogens with zero attached hydrogens (tertiary/aromatic N) is 1. The summed E-state index contributed by atoms with van der Waals surface area (Å²) in [5, 5.41) is 29.6. The maximum Gasteiger partial charge on any atom is 0.303 e. The molecule has 0 amide bonds. The zero-order valence-electron chi connectivity index (χ0n) is 11.2. The molecule has 0 saturated carbocycles. The highest BCUT2D eigenvalue weighted by atomic mass is 16.5. The molecular weight excluding hydrogens is 264 g/mol. The van der Waals surface area contributed by atoms with E-state index in [9.17, 15) is 4.79 Å². The van der Waals surface area contributed by atoms with Gasteiger partial charge in [0.1, 0.15) is 12.4 Å². The molecule has 1 aromatic rings. The summed E-state index contributed by atoms with van der Waals surface area (Å²) in [7, 11) is 0. The lowest BCUT2D eigenvalue weighted by atomic mass is 10.3. The van der Waals surface area contributed by atoms with Crippen LogP contribution in [0.25, 0.3) is 0 Å². The van der Waals surface area contributed by atoms with Gasteiger partial charge in [-0.1, -0.05) is 0 Å². The molecule has 0 aliphatic carbocycles. The molecule has 20 heavy (non-hydrogen) atoms. The van der Waals surface area contributed by atoms with Crippen molar-refractivity contribution in [1.29, 1.82) is 0 Å². The summed E-state index contributed by atoms with van der Waals surface area (Å²) in [6.07, 6.45) is 0.728. The van der Waals surface area contributed by atoms with Crippen LogP contribution >= 0.6 is 0 Å². The first kappa shape index (κ1) is 16.4. The molecule has 112 valence electrons. The predicted octanol–water partition coefficient (Wildman–Crippen LogP) is -0.101. The number of carboxylic acid groups (broad SMARTS) is 1. The van der Waals surface area contributed by atoms with E-state index in [4.69, 9.17) is 20.1 Å². The molecule has 0 aliphatic heterocycles. The van der Waals surface area contributed by atoms with Gasteiger partial charge in [0.05, 0.1) is 24.6 Å². The van der Waals surface area contributed by atoms with Gasteiger partial charge in [-0.3, -0.25) is 9.78 Å². The number of aliphatic hydroxyl groups excluding tert-OH is 2. The van der Waals surface area contributed by atoms with Crippen LogP contribution in [0.1, 0.15) is 24.2 Å². The van der Waals surface area contributed by atoms with Crippen LogP contribution in [0.5, 0.6) is 5.75 Å². The fourth-order valence-corrected chi connectivity index (χ4v) is 1.60. The topological polar surface area (TPSA) is 112 Å². The van der Waals surface area contributed by atoms with Crippen LogP contribution in [0.4, 0.5) is 0 Å². The normalized spacial score (nSPS) is 10.5. The van der Waals surface area contributed by atoms with Crippen LogP contribution in [0, 0.1) is 0 Å². The molecule has 0 radical (unpaired) electrons. The third-order valence-electron chi connectivity index (χ3n) is 2.52. The van der Waals surface area contributed by atoms with E-state index in [1.54, 1.807) is 12.1 Å². The highest BCUT2D eigenvalue weighted by Gasteiger charge is 2.03. The molecule has 0 atom stereocenters. The molecule has 0 aliphatic rings. The Balaban J connectivity index is 2.26. The average molecular weight is 284 g/mol. The molecule has 0 aromatic carbocycles. The van der Waals surface area contributed by atoms with Gasteiger partial charge in [0.25, 0.3) is 0 Å². The fraction of sp³-hybridized carbons (Fsp3) is 0.538. The average Bonchev–Trinajstić information content (AvgIpc) is 2.45. The van der Waals surface area contributed by atoms with Crippen molar-refractivity contribution in [1.82, 2.24) is 10.3 Å². The number of aliphatic carboxylic acids is 1. The van der Waals surface area contributed by atoms with Crippen LogP contribution in [0.2, 0.25) is 0 Å². The lowest BCUT2D eigenvalue weighted by Gasteiger charge is -2.09. The fourth-order valence-electron chi connectivity index (χ4n) is 1.60. The van der Waals surface area contributed by atoms with Crippen molar-refractivity contribution < 1.29 is 24.9 Å². The molecule has 0 saturated heterocycles. The van der Waals surface area contributed by atoms with E-state index >= 15 is 0 Å². The smallest absolute Gasteiger partial charge is 0.303 e. The molecule has 7 heteroatoms. The number of ether oxygens (including phenoxy) is 1. The molecule has 0 fully saturated rings. The van der Waals surface area contributed by atoms with Gasteiger partial charge in [0.15, 0.2) is 0 Å². The van der Waals surface area contributed by atoms with Gasteiger partial charge in [0.2, 0.25) is 0 Å². The Bertz CT molecular complexity index is 403. The standard InChI is InChI=1S/C13H20N2O5/c16-8-10-6-12(7-11(9-17)15-10)20-5-4-14-3-1-2-13(18)19/h6-7,14,16-17H,1-5,8-9H2,(H,18,19). The molecule has 4 N–H and O–H groups in total. The number of rotatable bonds is 10. The number of pyridine rings is 1. The summed E-state index contributed by atoms with van der Waals surface area (Å²) in [5.41, 5.74) is 0.891. The number of aromatic nitrogens is 1. The second-order valence-corrected chi connectivity index (χ2v) is 4.20. The Morgan fingerprint density at radius 3 is 2.40 bits per heavy atom. The number of carbonyl (C=O) groups is 1. The van der Waals surface area contributed by atoms with Gasteiger partial charge < -0.3 is 25.4 Å². The summed E-state index contributed by atoms with van der Waals surface area (Å²) in [5.74, 6) is -0.256. The third kappa shape index (κ3) is 6.46. The van der Waals surface area contributed by atoms with Gasteiger partial charge in [-0.25, -0.2) is 0 Å². The van der Waals surface area contributed by atoms with Crippen molar-refractivity contribution in [2.24, 2.45) is 0 Å². The van der Waals surface area contributed by atoms with Gasteiger partial charge in [-0.05, 0) is 13.0 Å². The van der Waals surface area contributed by atoms with E-state index in [1.165, 1.54) is 0 Å². The second kappa shape index (κ2) is 9.24. The highest BCUT2D eigenvalue weighted by Crippen LogP contribution is 2.14. The number of carboxylic acids is 1. The Labute approximate surface area is 117 Å². The maximum atomic E-state index is 10.3. The van der Waals surface area contributed by atoms with Crippen LogP contribution < -0.4 is 10.1 Å². The number of hydrogen-bond acceptors (Lipinski definition) is 6. The Morgan fingerprint density at radius 2 is 1.85 bits per heavy atom.